The van der Waals surface area contributed by atoms with Crippen molar-refractivity contribution in [2.75, 3.05) is 13.1 Å². The molecule has 21 heavy (non-hydrogen) atoms. The number of carbonyl (C=O) groups is 1. The highest BCUT2D eigenvalue weighted by atomic mass is 16.3. The molecule has 0 unspecified atom stereocenters. The van der Waals surface area contributed by atoms with Crippen LogP contribution in [0.15, 0.2) is 36.5 Å². The van der Waals surface area contributed by atoms with Crippen molar-refractivity contribution in [1.82, 2.24) is 9.88 Å². The van der Waals surface area contributed by atoms with E-state index >= 15 is 0 Å². The zero-order valence-corrected chi connectivity index (χ0v) is 12.8. The van der Waals surface area contributed by atoms with Gasteiger partial charge >= 0.3 is 0 Å². The maximum absolute atomic E-state index is 12.5. The Hall–Kier alpha value is -2.07. The molecule has 112 valence electrons. The first-order valence-corrected chi connectivity index (χ1v) is 7.20. The van der Waals surface area contributed by atoms with E-state index in [2.05, 4.69) is 4.98 Å². The number of aliphatic hydroxyl groups excluding tert-OH is 1. The number of nitrogens with zero attached hydrogens (tertiary/aromatic N) is 1. The number of likely N-dealkylation sites (N-methyl/N-ethyl adjacent to an activating group) is 1. The molecular weight excluding hydrogens is 264 g/mol. The van der Waals surface area contributed by atoms with Crippen LogP contribution >= 0.6 is 0 Å². The minimum atomic E-state index is -0.672. The quantitative estimate of drug-likeness (QED) is 0.888. The summed E-state index contributed by atoms with van der Waals surface area (Å²) in [5.74, 6) is -0.0533. The number of H-pyrrole nitrogens is 1. The molecule has 0 radical (unpaired) electrons. The van der Waals surface area contributed by atoms with Crippen molar-refractivity contribution in [3.8, 4) is 0 Å². The van der Waals surface area contributed by atoms with E-state index in [1.165, 1.54) is 0 Å². The predicted octanol–water partition coefficient (Wildman–Crippen LogP) is 2.83. The molecule has 1 amide bonds. The Kier molecular flexibility index (Phi) is 4.81. The summed E-state index contributed by atoms with van der Waals surface area (Å²) in [6.45, 7) is 6.65. The minimum Gasteiger partial charge on any atom is -0.387 e. The van der Waals surface area contributed by atoms with Crippen LogP contribution in [0.2, 0.25) is 0 Å². The van der Waals surface area contributed by atoms with Gasteiger partial charge in [-0.3, -0.25) is 4.79 Å². The van der Waals surface area contributed by atoms with Crippen LogP contribution in [0.4, 0.5) is 0 Å². The van der Waals surface area contributed by atoms with Crippen LogP contribution in [0.5, 0.6) is 0 Å². The maximum Gasteiger partial charge on any atom is 0.255 e. The van der Waals surface area contributed by atoms with Gasteiger partial charge in [-0.2, -0.15) is 0 Å². The van der Waals surface area contributed by atoms with E-state index in [9.17, 15) is 9.90 Å². The van der Waals surface area contributed by atoms with Gasteiger partial charge in [0, 0.05) is 18.4 Å². The van der Waals surface area contributed by atoms with E-state index in [1.807, 2.05) is 45.0 Å². The normalized spacial score (nSPS) is 12.2. The Labute approximate surface area is 125 Å². The van der Waals surface area contributed by atoms with E-state index in [-0.39, 0.29) is 5.91 Å². The third kappa shape index (κ3) is 3.52. The molecular formula is C17H22N2O2. The van der Waals surface area contributed by atoms with Gasteiger partial charge in [-0.15, -0.1) is 0 Å². The molecule has 0 bridgehead atoms. The van der Waals surface area contributed by atoms with Gasteiger partial charge in [-0.05, 0) is 32.4 Å². The van der Waals surface area contributed by atoms with Crippen LogP contribution in [-0.2, 0) is 0 Å². The monoisotopic (exact) mass is 286 g/mol. The summed E-state index contributed by atoms with van der Waals surface area (Å²) >= 11 is 0. The van der Waals surface area contributed by atoms with Gasteiger partial charge in [0.1, 0.15) is 0 Å². The lowest BCUT2D eigenvalue weighted by Crippen LogP contribution is -2.34. The van der Waals surface area contributed by atoms with Crippen molar-refractivity contribution in [2.45, 2.75) is 26.9 Å². The summed E-state index contributed by atoms with van der Waals surface area (Å²) in [5.41, 5.74) is 3.49. The fourth-order valence-electron chi connectivity index (χ4n) is 2.31. The van der Waals surface area contributed by atoms with Gasteiger partial charge in [0.05, 0.1) is 18.2 Å². The van der Waals surface area contributed by atoms with Gasteiger partial charge in [0.15, 0.2) is 0 Å². The Bertz CT molecular complexity index is 602. The summed E-state index contributed by atoms with van der Waals surface area (Å²) < 4.78 is 0. The number of hydrogen-bond donors (Lipinski definition) is 2. The van der Waals surface area contributed by atoms with Crippen LogP contribution in [0.1, 0.15) is 40.2 Å². The largest absolute Gasteiger partial charge is 0.387 e. The summed E-state index contributed by atoms with van der Waals surface area (Å²) in [6.07, 6.45) is 1.08. The van der Waals surface area contributed by atoms with Crippen LogP contribution in [-0.4, -0.2) is 34.0 Å². The lowest BCUT2D eigenvalue weighted by atomic mass is 10.1. The number of amides is 1. The molecule has 4 nitrogen and oxygen atoms in total. The van der Waals surface area contributed by atoms with Crippen molar-refractivity contribution in [3.05, 3.63) is 58.9 Å². The maximum atomic E-state index is 12.5. The minimum absolute atomic E-state index is 0.0533. The van der Waals surface area contributed by atoms with Gasteiger partial charge < -0.3 is 15.0 Å². The third-order valence-corrected chi connectivity index (χ3v) is 3.71. The fraction of sp³-hybridized carbons (Fsp3) is 0.353. The first kappa shape index (κ1) is 15.3. The number of aliphatic hydroxyl groups is 1. The van der Waals surface area contributed by atoms with Gasteiger partial charge in [-0.1, -0.05) is 29.8 Å². The molecule has 1 aromatic carbocycles. The van der Waals surface area contributed by atoms with Crippen LogP contribution < -0.4 is 0 Å². The smallest absolute Gasteiger partial charge is 0.255 e. The summed E-state index contributed by atoms with van der Waals surface area (Å²) in [4.78, 5) is 17.2. The molecule has 0 aliphatic carbocycles. The number of carbonyl (C=O) groups excluding carboxylic acids is 1. The van der Waals surface area contributed by atoms with Crippen molar-refractivity contribution in [3.63, 3.8) is 0 Å². The SMILES string of the molecule is CCN(C[C@H](O)c1ccc(C)cc1)C(=O)c1cc[nH]c1C. The van der Waals surface area contributed by atoms with E-state index in [4.69, 9.17) is 0 Å². The number of aryl methyl sites for hydroxylation is 2. The number of benzene rings is 1. The Morgan fingerprint density at radius 3 is 2.43 bits per heavy atom. The molecule has 0 saturated carbocycles. The Morgan fingerprint density at radius 1 is 1.24 bits per heavy atom. The average molecular weight is 286 g/mol. The molecule has 1 aromatic heterocycles. The van der Waals surface area contributed by atoms with E-state index < -0.39 is 6.10 Å². The molecule has 2 rings (SSSR count). The highest BCUT2D eigenvalue weighted by Crippen LogP contribution is 2.17. The molecule has 2 N–H and O–H groups in total. The highest BCUT2D eigenvalue weighted by Gasteiger charge is 2.20. The molecule has 1 heterocycles. The molecule has 0 saturated heterocycles. The second-order valence-electron chi connectivity index (χ2n) is 5.29. The first-order valence-electron chi connectivity index (χ1n) is 7.20. The predicted molar refractivity (Wildman–Crippen MR) is 83.2 cm³/mol. The molecule has 4 heteroatoms. The zero-order chi connectivity index (χ0) is 15.4. The van der Waals surface area contributed by atoms with Crippen LogP contribution in [0, 0.1) is 13.8 Å². The third-order valence-electron chi connectivity index (χ3n) is 3.71. The van der Waals surface area contributed by atoms with E-state index in [0.29, 0.717) is 18.7 Å². The molecule has 1 atom stereocenters. The van der Waals surface area contributed by atoms with Gasteiger partial charge in [-0.25, -0.2) is 0 Å². The second-order valence-corrected chi connectivity index (χ2v) is 5.29. The standard InChI is InChI=1S/C17H22N2O2/c1-4-19(17(21)15-9-10-18-13(15)3)11-16(20)14-7-5-12(2)6-8-14/h5-10,16,18,20H,4,11H2,1-3H3/t16-/m0/s1. The Balaban J connectivity index is 2.10. The van der Waals surface area contributed by atoms with Crippen molar-refractivity contribution in [1.29, 1.82) is 0 Å². The van der Waals surface area contributed by atoms with E-state index in [0.717, 1.165) is 16.8 Å². The van der Waals surface area contributed by atoms with Crippen molar-refractivity contribution < 1.29 is 9.90 Å². The van der Waals surface area contributed by atoms with Crippen molar-refractivity contribution in [2.24, 2.45) is 0 Å². The molecule has 0 spiro atoms. The molecule has 0 fully saturated rings. The average Bonchev–Trinajstić information content (AvgIpc) is 2.90. The summed E-state index contributed by atoms with van der Waals surface area (Å²) in [7, 11) is 0. The van der Waals surface area contributed by atoms with Gasteiger partial charge in [0.25, 0.3) is 5.91 Å². The summed E-state index contributed by atoms with van der Waals surface area (Å²) in [6, 6.07) is 9.51. The number of nitrogens with one attached hydrogen (secondary N) is 1. The van der Waals surface area contributed by atoms with Crippen molar-refractivity contribution >= 4 is 5.91 Å². The molecule has 0 aliphatic rings. The van der Waals surface area contributed by atoms with Crippen LogP contribution in [0.25, 0.3) is 0 Å². The number of rotatable bonds is 5. The highest BCUT2D eigenvalue weighted by molar-refractivity contribution is 5.95. The number of hydrogen-bond acceptors (Lipinski definition) is 2. The first-order chi connectivity index (χ1) is 10.0. The van der Waals surface area contributed by atoms with Gasteiger partial charge in [0.2, 0.25) is 0 Å². The zero-order valence-electron chi connectivity index (χ0n) is 12.8. The lowest BCUT2D eigenvalue weighted by molar-refractivity contribution is 0.0634. The Morgan fingerprint density at radius 2 is 1.90 bits per heavy atom. The number of aromatic amines is 1. The fourth-order valence-corrected chi connectivity index (χ4v) is 2.31. The second kappa shape index (κ2) is 6.59. The van der Waals surface area contributed by atoms with E-state index in [1.54, 1.807) is 17.2 Å². The molecule has 2 aromatic rings. The summed E-state index contributed by atoms with van der Waals surface area (Å²) in [5, 5.41) is 10.3. The molecule has 0 aliphatic heterocycles. The topological polar surface area (TPSA) is 56.3 Å². The van der Waals surface area contributed by atoms with Crippen LogP contribution in [0.3, 0.4) is 0 Å². The lowest BCUT2D eigenvalue weighted by Gasteiger charge is -2.24. The number of aromatic nitrogens is 1.